The van der Waals surface area contributed by atoms with E-state index >= 15 is 0 Å². The highest BCUT2D eigenvalue weighted by molar-refractivity contribution is 5.52. The average molecular weight is 393 g/mol. The summed E-state index contributed by atoms with van der Waals surface area (Å²) in [7, 11) is 0. The van der Waals surface area contributed by atoms with Gasteiger partial charge in [-0.3, -0.25) is 0 Å². The first-order valence-corrected chi connectivity index (χ1v) is 9.33. The van der Waals surface area contributed by atoms with Crippen molar-refractivity contribution >= 4 is 17.5 Å². The number of hydrogen-bond acceptors (Lipinski definition) is 6. The molecule has 9 heteroatoms. The summed E-state index contributed by atoms with van der Waals surface area (Å²) in [6, 6.07) is 7.39. The third kappa shape index (κ3) is 4.14. The number of alkyl halides is 3. The van der Waals surface area contributed by atoms with Crippen molar-refractivity contribution in [1.29, 1.82) is 0 Å². The molecule has 1 aromatic carbocycles. The Morgan fingerprint density at radius 2 is 1.57 bits per heavy atom. The maximum Gasteiger partial charge on any atom is 0.416 e. The Morgan fingerprint density at radius 3 is 2.29 bits per heavy atom. The molecule has 2 saturated heterocycles. The smallest absolute Gasteiger partial charge is 0.378 e. The van der Waals surface area contributed by atoms with E-state index < -0.39 is 11.7 Å². The molecule has 0 saturated carbocycles. The molecule has 6 nitrogen and oxygen atoms in total. The van der Waals surface area contributed by atoms with Gasteiger partial charge in [0.2, 0.25) is 5.95 Å². The van der Waals surface area contributed by atoms with Crippen molar-refractivity contribution < 1.29 is 17.9 Å². The van der Waals surface area contributed by atoms with Crippen LogP contribution >= 0.6 is 0 Å². The first kappa shape index (κ1) is 18.8. The molecule has 4 rings (SSSR count). The van der Waals surface area contributed by atoms with E-state index in [-0.39, 0.29) is 0 Å². The summed E-state index contributed by atoms with van der Waals surface area (Å²) < 4.78 is 44.2. The second-order valence-corrected chi connectivity index (χ2v) is 6.84. The zero-order chi connectivity index (χ0) is 19.6. The Hall–Kier alpha value is -2.55. The van der Waals surface area contributed by atoms with Crippen molar-refractivity contribution in [3.63, 3.8) is 0 Å². The van der Waals surface area contributed by atoms with E-state index in [0.717, 1.165) is 25.0 Å². The Bertz CT molecular complexity index is 802. The number of rotatable bonds is 3. The molecule has 0 aliphatic carbocycles. The van der Waals surface area contributed by atoms with E-state index in [0.29, 0.717) is 51.0 Å². The largest absolute Gasteiger partial charge is 0.416 e. The van der Waals surface area contributed by atoms with E-state index in [1.807, 2.05) is 11.0 Å². The topological polar surface area (TPSA) is 44.7 Å². The van der Waals surface area contributed by atoms with E-state index in [1.54, 1.807) is 12.3 Å². The maximum absolute atomic E-state index is 13.0. The van der Waals surface area contributed by atoms with Gasteiger partial charge in [0.15, 0.2) is 0 Å². The number of morpholine rings is 1. The normalized spacial score (nSPS) is 18.5. The van der Waals surface area contributed by atoms with Crippen LogP contribution in [0.2, 0.25) is 0 Å². The summed E-state index contributed by atoms with van der Waals surface area (Å²) in [5.74, 6) is 1.54. The average Bonchev–Trinajstić information content (AvgIpc) is 2.74. The van der Waals surface area contributed by atoms with Crippen LogP contribution in [-0.4, -0.2) is 62.5 Å². The molecular weight excluding hydrogens is 371 g/mol. The highest BCUT2D eigenvalue weighted by Crippen LogP contribution is 2.32. The molecule has 0 unspecified atom stereocenters. The summed E-state index contributed by atoms with van der Waals surface area (Å²) in [5.41, 5.74) is -0.00967. The van der Waals surface area contributed by atoms with Gasteiger partial charge in [-0.25, -0.2) is 4.98 Å². The monoisotopic (exact) mass is 393 g/mol. The van der Waals surface area contributed by atoms with E-state index in [4.69, 9.17) is 4.74 Å². The molecule has 2 fully saturated rings. The molecule has 2 aliphatic rings. The van der Waals surface area contributed by atoms with Gasteiger partial charge in [-0.15, -0.1) is 0 Å². The number of aromatic nitrogens is 2. The molecule has 0 N–H and O–H groups in total. The summed E-state index contributed by atoms with van der Waals surface area (Å²) in [6.07, 6.45) is -2.57. The van der Waals surface area contributed by atoms with Crippen molar-refractivity contribution in [2.24, 2.45) is 0 Å². The van der Waals surface area contributed by atoms with Gasteiger partial charge >= 0.3 is 6.18 Å². The molecule has 0 bridgehead atoms. The standard InChI is InChI=1S/C19H22F3N5O/c20-19(21,22)15-2-1-3-16(14-15)25-6-8-26(9-7-25)17-4-5-23-18(24-17)27-10-12-28-13-11-27/h1-5,14H,6-13H2. The van der Waals surface area contributed by atoms with Gasteiger partial charge < -0.3 is 19.4 Å². The fourth-order valence-electron chi connectivity index (χ4n) is 3.50. The number of piperazine rings is 1. The minimum absolute atomic E-state index is 0.603. The second kappa shape index (κ2) is 7.83. The molecule has 0 spiro atoms. The number of anilines is 3. The lowest BCUT2D eigenvalue weighted by molar-refractivity contribution is -0.137. The fourth-order valence-corrected chi connectivity index (χ4v) is 3.50. The summed E-state index contributed by atoms with van der Waals surface area (Å²) >= 11 is 0. The summed E-state index contributed by atoms with van der Waals surface area (Å²) in [6.45, 7) is 5.54. The lowest BCUT2D eigenvalue weighted by Gasteiger charge is -2.37. The molecule has 28 heavy (non-hydrogen) atoms. The van der Waals surface area contributed by atoms with Gasteiger partial charge in [-0.1, -0.05) is 6.07 Å². The zero-order valence-electron chi connectivity index (χ0n) is 15.4. The number of hydrogen-bond donors (Lipinski definition) is 0. The van der Waals surface area contributed by atoms with Crippen LogP contribution in [0, 0.1) is 0 Å². The lowest BCUT2D eigenvalue weighted by atomic mass is 10.1. The quantitative estimate of drug-likeness (QED) is 0.799. The van der Waals surface area contributed by atoms with Gasteiger partial charge in [0.05, 0.1) is 18.8 Å². The molecule has 2 aliphatic heterocycles. The van der Waals surface area contributed by atoms with Crippen molar-refractivity contribution in [3.05, 3.63) is 42.1 Å². The number of ether oxygens (including phenoxy) is 1. The number of halogens is 3. The van der Waals surface area contributed by atoms with E-state index in [2.05, 4.69) is 19.8 Å². The van der Waals surface area contributed by atoms with E-state index in [1.165, 1.54) is 12.1 Å². The van der Waals surface area contributed by atoms with Crippen LogP contribution in [0.5, 0.6) is 0 Å². The van der Waals surface area contributed by atoms with Gasteiger partial charge in [-0.05, 0) is 24.3 Å². The van der Waals surface area contributed by atoms with Crippen LogP contribution < -0.4 is 14.7 Å². The number of nitrogens with zero attached hydrogens (tertiary/aromatic N) is 5. The van der Waals surface area contributed by atoms with Crippen LogP contribution in [-0.2, 0) is 10.9 Å². The minimum Gasteiger partial charge on any atom is -0.378 e. The van der Waals surface area contributed by atoms with Crippen LogP contribution in [0.1, 0.15) is 5.56 Å². The molecule has 1 aromatic heterocycles. The van der Waals surface area contributed by atoms with Gasteiger partial charge in [0, 0.05) is 51.2 Å². The number of benzene rings is 1. The van der Waals surface area contributed by atoms with Crippen LogP contribution in [0.25, 0.3) is 0 Å². The highest BCUT2D eigenvalue weighted by atomic mass is 19.4. The van der Waals surface area contributed by atoms with Crippen molar-refractivity contribution in [3.8, 4) is 0 Å². The predicted octanol–water partition coefficient (Wildman–Crippen LogP) is 2.66. The Kier molecular flexibility index (Phi) is 5.25. The van der Waals surface area contributed by atoms with Crippen molar-refractivity contribution in [1.82, 2.24) is 9.97 Å². The Labute approximate surface area is 161 Å². The van der Waals surface area contributed by atoms with Crippen molar-refractivity contribution in [2.75, 3.05) is 67.2 Å². The molecule has 2 aromatic rings. The SMILES string of the molecule is FC(F)(F)c1cccc(N2CCN(c3ccnc(N4CCOCC4)n3)CC2)c1. The maximum atomic E-state index is 13.0. The summed E-state index contributed by atoms with van der Waals surface area (Å²) in [4.78, 5) is 15.3. The molecule has 0 amide bonds. The first-order valence-electron chi connectivity index (χ1n) is 9.33. The Morgan fingerprint density at radius 1 is 0.857 bits per heavy atom. The third-order valence-corrected chi connectivity index (χ3v) is 5.06. The minimum atomic E-state index is -4.32. The van der Waals surface area contributed by atoms with Gasteiger partial charge in [0.1, 0.15) is 5.82 Å². The van der Waals surface area contributed by atoms with Gasteiger partial charge in [0.25, 0.3) is 0 Å². The Balaban J connectivity index is 1.42. The molecule has 150 valence electrons. The van der Waals surface area contributed by atoms with Crippen LogP contribution in [0.15, 0.2) is 36.5 Å². The molecule has 0 atom stereocenters. The zero-order valence-corrected chi connectivity index (χ0v) is 15.4. The predicted molar refractivity (Wildman–Crippen MR) is 101 cm³/mol. The van der Waals surface area contributed by atoms with Crippen LogP contribution in [0.3, 0.4) is 0 Å². The molecule has 3 heterocycles. The lowest BCUT2D eigenvalue weighted by Crippen LogP contribution is -2.47. The summed E-state index contributed by atoms with van der Waals surface area (Å²) in [5, 5.41) is 0. The van der Waals surface area contributed by atoms with Crippen LogP contribution in [0.4, 0.5) is 30.6 Å². The van der Waals surface area contributed by atoms with Crippen molar-refractivity contribution in [2.45, 2.75) is 6.18 Å². The molecular formula is C19H22F3N5O. The fraction of sp³-hybridized carbons (Fsp3) is 0.474. The molecule has 0 radical (unpaired) electrons. The highest BCUT2D eigenvalue weighted by Gasteiger charge is 2.31. The van der Waals surface area contributed by atoms with E-state index in [9.17, 15) is 13.2 Å². The van der Waals surface area contributed by atoms with Gasteiger partial charge in [-0.2, -0.15) is 18.2 Å². The second-order valence-electron chi connectivity index (χ2n) is 6.84. The first-order chi connectivity index (χ1) is 13.5. The third-order valence-electron chi connectivity index (χ3n) is 5.06.